The van der Waals surface area contributed by atoms with Crippen LogP contribution in [-0.4, -0.2) is 37.0 Å². The Morgan fingerprint density at radius 2 is 1.57 bits per heavy atom. The highest BCUT2D eigenvalue weighted by atomic mass is 32.2. The molecule has 0 saturated carbocycles. The molecule has 0 aliphatic rings. The first-order valence-electron chi connectivity index (χ1n) is 9.27. The lowest BCUT2D eigenvalue weighted by atomic mass is 10.0. The van der Waals surface area contributed by atoms with Crippen molar-refractivity contribution in [2.45, 2.75) is 18.5 Å². The highest BCUT2D eigenvalue weighted by Gasteiger charge is 2.14. The van der Waals surface area contributed by atoms with E-state index in [1.165, 1.54) is 23.1 Å². The zero-order valence-corrected chi connectivity index (χ0v) is 17.8. The van der Waals surface area contributed by atoms with Gasteiger partial charge in [0.25, 0.3) is 0 Å². The molecule has 7 nitrogen and oxygen atoms in total. The van der Waals surface area contributed by atoms with Gasteiger partial charge in [0.15, 0.2) is 0 Å². The average Bonchev–Trinajstić information content (AvgIpc) is 3.19. The molecule has 0 radical (unpaired) electrons. The van der Waals surface area contributed by atoms with Crippen molar-refractivity contribution in [3.05, 3.63) is 65.7 Å². The van der Waals surface area contributed by atoms with E-state index in [1.807, 2.05) is 67.6 Å². The summed E-state index contributed by atoms with van der Waals surface area (Å²) in [6.07, 6.45) is 0.313. The van der Waals surface area contributed by atoms with E-state index in [2.05, 4.69) is 25.7 Å². The number of nitrogens with one attached hydrogen (secondary N) is 1. The van der Waals surface area contributed by atoms with Crippen LogP contribution in [0.25, 0.3) is 22.5 Å². The maximum Gasteiger partial charge on any atom is 0.227 e. The van der Waals surface area contributed by atoms with Gasteiger partial charge >= 0.3 is 0 Å². The normalized spacial score (nSPS) is 10.7. The van der Waals surface area contributed by atoms with Gasteiger partial charge in [0, 0.05) is 23.3 Å². The van der Waals surface area contributed by atoms with Gasteiger partial charge in [-0.25, -0.2) is 4.98 Å². The van der Waals surface area contributed by atoms with Crippen molar-refractivity contribution in [3.8, 4) is 22.5 Å². The number of aromatic nitrogens is 5. The lowest BCUT2D eigenvalue weighted by molar-refractivity contribution is -0.115. The number of thioether (sulfide) groups is 1. The number of benzene rings is 2. The zero-order valence-electron chi connectivity index (χ0n) is 16.1. The predicted octanol–water partition coefficient (Wildman–Crippen LogP) is 4.49. The Morgan fingerprint density at radius 3 is 2.20 bits per heavy atom. The van der Waals surface area contributed by atoms with Crippen LogP contribution in [-0.2, 0) is 4.79 Å². The molecule has 0 spiro atoms. The number of anilines is 1. The van der Waals surface area contributed by atoms with Crippen molar-refractivity contribution in [2.24, 2.45) is 0 Å². The van der Waals surface area contributed by atoms with Gasteiger partial charge in [0.05, 0.1) is 0 Å². The van der Waals surface area contributed by atoms with Gasteiger partial charge in [-0.1, -0.05) is 83.8 Å². The van der Waals surface area contributed by atoms with Crippen LogP contribution in [0.3, 0.4) is 0 Å². The molecule has 4 aromatic rings. The van der Waals surface area contributed by atoms with E-state index in [9.17, 15) is 4.79 Å². The number of aryl methyl sites for hydroxylation is 1. The molecule has 2 aromatic carbocycles. The molecule has 0 bridgehead atoms. The van der Waals surface area contributed by atoms with Gasteiger partial charge in [-0.3, -0.25) is 4.79 Å². The molecule has 0 unspecified atom stereocenters. The summed E-state index contributed by atoms with van der Waals surface area (Å²) in [6, 6.07) is 19.8. The number of hydrogen-bond donors (Lipinski definition) is 1. The van der Waals surface area contributed by atoms with E-state index in [-0.39, 0.29) is 5.91 Å². The largest absolute Gasteiger partial charge is 0.301 e. The lowest BCUT2D eigenvalue weighted by Crippen LogP contribution is -2.12. The van der Waals surface area contributed by atoms with Gasteiger partial charge < -0.3 is 5.32 Å². The van der Waals surface area contributed by atoms with Crippen LogP contribution in [0.5, 0.6) is 0 Å². The number of amides is 1. The molecule has 9 heteroatoms. The summed E-state index contributed by atoms with van der Waals surface area (Å²) in [5.41, 5.74) is 3.43. The molecular weight excluding hydrogens is 416 g/mol. The Bertz CT molecular complexity index is 1130. The smallest absolute Gasteiger partial charge is 0.227 e. The first-order valence-corrected chi connectivity index (χ1v) is 11.1. The first kappa shape index (κ1) is 20.1. The molecular formula is C21H18N6OS2. The summed E-state index contributed by atoms with van der Waals surface area (Å²) < 4.78 is 0. The highest BCUT2D eigenvalue weighted by Crippen LogP contribution is 2.29. The van der Waals surface area contributed by atoms with E-state index in [0.29, 0.717) is 22.5 Å². The summed E-state index contributed by atoms with van der Waals surface area (Å²) in [7, 11) is 0. The van der Waals surface area contributed by atoms with Gasteiger partial charge in [0.2, 0.25) is 16.2 Å². The van der Waals surface area contributed by atoms with Crippen molar-refractivity contribution in [3.63, 3.8) is 0 Å². The molecule has 0 fully saturated rings. The lowest BCUT2D eigenvalue weighted by Gasteiger charge is -2.09. The number of carbonyl (C=O) groups is 1. The molecule has 0 aliphatic heterocycles. The summed E-state index contributed by atoms with van der Waals surface area (Å²) in [5.74, 6) is 0.417. The predicted molar refractivity (Wildman–Crippen MR) is 119 cm³/mol. The van der Waals surface area contributed by atoms with Crippen molar-refractivity contribution < 1.29 is 4.79 Å². The zero-order chi connectivity index (χ0) is 20.8. The Kier molecular flexibility index (Phi) is 6.41. The minimum Gasteiger partial charge on any atom is -0.301 e. The fourth-order valence-electron chi connectivity index (χ4n) is 2.72. The van der Waals surface area contributed by atoms with Crippen LogP contribution in [0.15, 0.2) is 65.8 Å². The van der Waals surface area contributed by atoms with Crippen LogP contribution < -0.4 is 5.32 Å². The monoisotopic (exact) mass is 434 g/mol. The maximum atomic E-state index is 12.1. The van der Waals surface area contributed by atoms with Crippen LogP contribution >= 0.6 is 23.1 Å². The van der Waals surface area contributed by atoms with Gasteiger partial charge in [-0.2, -0.15) is 0 Å². The summed E-state index contributed by atoms with van der Waals surface area (Å²) in [5, 5.41) is 21.1. The molecule has 4 rings (SSSR count). The third kappa shape index (κ3) is 5.05. The van der Waals surface area contributed by atoms with Crippen molar-refractivity contribution in [2.75, 3.05) is 11.1 Å². The number of rotatable bonds is 7. The van der Waals surface area contributed by atoms with Crippen LogP contribution in [0.1, 0.15) is 11.4 Å². The van der Waals surface area contributed by atoms with Gasteiger partial charge in [-0.15, -0.1) is 20.4 Å². The highest BCUT2D eigenvalue weighted by molar-refractivity contribution is 7.99. The Labute approximate surface area is 182 Å². The van der Waals surface area contributed by atoms with Crippen molar-refractivity contribution in [1.82, 2.24) is 25.4 Å². The maximum absolute atomic E-state index is 12.1. The molecule has 2 heterocycles. The quantitative estimate of drug-likeness (QED) is 0.428. The molecule has 150 valence electrons. The van der Waals surface area contributed by atoms with E-state index >= 15 is 0 Å². The summed E-state index contributed by atoms with van der Waals surface area (Å²) in [6.45, 7) is 1.84. The molecule has 1 N–H and O–H groups in total. The van der Waals surface area contributed by atoms with Crippen molar-refractivity contribution >= 4 is 34.1 Å². The second-order valence-corrected chi connectivity index (χ2v) is 8.54. The molecule has 0 saturated heterocycles. The fraction of sp³-hybridized carbons (Fsp3) is 0.143. The average molecular weight is 435 g/mol. The molecule has 0 atom stereocenters. The van der Waals surface area contributed by atoms with Gasteiger partial charge in [0.1, 0.15) is 16.4 Å². The van der Waals surface area contributed by atoms with E-state index in [0.717, 1.165) is 27.5 Å². The van der Waals surface area contributed by atoms with Crippen LogP contribution in [0, 0.1) is 6.92 Å². The van der Waals surface area contributed by atoms with E-state index < -0.39 is 0 Å². The molecule has 1 amide bonds. The van der Waals surface area contributed by atoms with E-state index in [1.54, 1.807) is 0 Å². The standard InChI is InChI=1S/C21H18N6OS2/c1-14-24-27-21(30-14)22-17(28)12-13-29-20-23-18(15-8-4-2-5-9-15)19(25-26-20)16-10-6-3-7-11-16/h2-11H,12-13H2,1H3,(H,22,27,28). The first-order chi connectivity index (χ1) is 14.7. The third-order valence-corrected chi connectivity index (χ3v) is 5.69. The molecule has 0 aliphatic carbocycles. The SMILES string of the molecule is Cc1nnc(NC(=O)CCSc2nnc(-c3ccccc3)c(-c3ccccc3)n2)s1. The van der Waals surface area contributed by atoms with E-state index in [4.69, 9.17) is 4.98 Å². The summed E-state index contributed by atoms with van der Waals surface area (Å²) >= 11 is 2.75. The minimum absolute atomic E-state index is 0.115. The second kappa shape index (κ2) is 9.55. The minimum atomic E-state index is -0.115. The van der Waals surface area contributed by atoms with Crippen LogP contribution in [0.2, 0.25) is 0 Å². The Balaban J connectivity index is 1.48. The third-order valence-electron chi connectivity index (χ3n) is 4.09. The Morgan fingerprint density at radius 1 is 0.900 bits per heavy atom. The van der Waals surface area contributed by atoms with Crippen molar-refractivity contribution in [1.29, 1.82) is 0 Å². The number of hydrogen-bond acceptors (Lipinski definition) is 8. The van der Waals surface area contributed by atoms with Gasteiger partial charge in [-0.05, 0) is 6.92 Å². The Hall–Kier alpha value is -3.17. The molecule has 30 heavy (non-hydrogen) atoms. The summed E-state index contributed by atoms with van der Waals surface area (Å²) in [4.78, 5) is 16.8. The number of carbonyl (C=O) groups excluding carboxylic acids is 1. The van der Waals surface area contributed by atoms with Crippen LogP contribution in [0.4, 0.5) is 5.13 Å². The fourth-order valence-corrected chi connectivity index (χ4v) is 4.06. The topological polar surface area (TPSA) is 93.6 Å². The second-order valence-electron chi connectivity index (χ2n) is 6.30. The number of nitrogens with zero attached hydrogens (tertiary/aromatic N) is 5. The molecule has 2 aromatic heterocycles.